The lowest BCUT2D eigenvalue weighted by atomic mass is 10.2. The molecule has 1 aliphatic carbocycles. The molecule has 0 bridgehead atoms. The molecule has 1 saturated carbocycles. The maximum Gasteiger partial charge on any atom is 0.253 e. The molecule has 1 aliphatic rings. The Morgan fingerprint density at radius 3 is 2.90 bits per heavy atom. The zero-order valence-corrected chi connectivity index (χ0v) is 13.1. The van der Waals surface area contributed by atoms with Crippen LogP contribution in [0.15, 0.2) is 11.2 Å². The van der Waals surface area contributed by atoms with E-state index in [-0.39, 0.29) is 5.91 Å². The Morgan fingerprint density at radius 2 is 2.14 bits per heavy atom. The average molecular weight is 305 g/mol. The lowest BCUT2D eigenvalue weighted by Crippen LogP contribution is -2.33. The number of hydrogen-bond donors (Lipinski definition) is 1. The summed E-state index contributed by atoms with van der Waals surface area (Å²) in [6, 6.07) is 2.32. The summed E-state index contributed by atoms with van der Waals surface area (Å²) in [5.74, 6) is 1.00. The summed E-state index contributed by atoms with van der Waals surface area (Å²) in [6.45, 7) is 3.90. The lowest BCUT2D eigenvalue weighted by Gasteiger charge is -2.10. The first-order valence-electron chi connectivity index (χ1n) is 7.25. The molecule has 112 valence electrons. The second kappa shape index (κ2) is 6.01. The average Bonchev–Trinajstić information content (AvgIpc) is 3.05. The molecule has 0 spiro atoms. The predicted octanol–water partition coefficient (Wildman–Crippen LogP) is 1.89. The van der Waals surface area contributed by atoms with Crippen LogP contribution in [0.5, 0.6) is 0 Å². The third kappa shape index (κ3) is 3.34. The first-order valence-corrected chi connectivity index (χ1v) is 8.23. The van der Waals surface area contributed by atoms with E-state index in [4.69, 9.17) is 0 Å². The van der Waals surface area contributed by atoms with Crippen LogP contribution >= 0.6 is 11.8 Å². The number of carbonyl (C=O) groups is 1. The van der Waals surface area contributed by atoms with Crippen LogP contribution < -0.4 is 5.32 Å². The maximum absolute atomic E-state index is 11.9. The molecule has 1 fully saturated rings. The molecule has 0 radical (unpaired) electrons. The third-order valence-corrected chi connectivity index (χ3v) is 4.49. The number of thioether (sulfide) groups is 1. The van der Waals surface area contributed by atoms with Crippen LogP contribution in [0, 0.1) is 13.8 Å². The summed E-state index contributed by atoms with van der Waals surface area (Å²) in [5.41, 5.74) is 1.91. The number of aromatic nitrogens is 4. The van der Waals surface area contributed by atoms with Gasteiger partial charge in [0.15, 0.2) is 0 Å². The Hall–Kier alpha value is -1.63. The number of aryl methyl sites for hydroxylation is 2. The van der Waals surface area contributed by atoms with Gasteiger partial charge in [-0.3, -0.25) is 4.79 Å². The van der Waals surface area contributed by atoms with E-state index >= 15 is 0 Å². The largest absolute Gasteiger partial charge is 0.353 e. The van der Waals surface area contributed by atoms with Crippen molar-refractivity contribution in [1.82, 2.24) is 24.9 Å². The standard InChI is InChI=1S/C14H19N5OS/c1-9-7-10(2)19-13(15-9)17-14(18-19)21-8-12(20)16-11-5-3-4-6-11/h7,11H,3-6,8H2,1-2H3,(H,16,20). The molecule has 0 aromatic carbocycles. The SMILES string of the molecule is Cc1cc(C)n2nc(SCC(=O)NC3CCCC3)nc2n1. The van der Waals surface area contributed by atoms with Gasteiger partial charge in [-0.25, -0.2) is 9.50 Å². The van der Waals surface area contributed by atoms with Crippen LogP contribution in [0.1, 0.15) is 37.1 Å². The summed E-state index contributed by atoms with van der Waals surface area (Å²) in [6.07, 6.45) is 4.64. The molecule has 0 unspecified atom stereocenters. The highest BCUT2D eigenvalue weighted by Gasteiger charge is 2.17. The van der Waals surface area contributed by atoms with Gasteiger partial charge in [-0.05, 0) is 32.8 Å². The monoisotopic (exact) mass is 305 g/mol. The molecular weight excluding hydrogens is 286 g/mol. The van der Waals surface area contributed by atoms with Crippen molar-refractivity contribution in [2.75, 3.05) is 5.75 Å². The van der Waals surface area contributed by atoms with Crippen molar-refractivity contribution >= 4 is 23.4 Å². The van der Waals surface area contributed by atoms with E-state index in [0.29, 0.717) is 22.7 Å². The highest BCUT2D eigenvalue weighted by atomic mass is 32.2. The molecule has 7 heteroatoms. The van der Waals surface area contributed by atoms with Gasteiger partial charge in [-0.1, -0.05) is 24.6 Å². The summed E-state index contributed by atoms with van der Waals surface area (Å²) in [5, 5.41) is 8.04. The minimum absolute atomic E-state index is 0.0617. The zero-order valence-electron chi connectivity index (χ0n) is 12.3. The van der Waals surface area contributed by atoms with Gasteiger partial charge in [0.2, 0.25) is 11.1 Å². The molecule has 1 amide bonds. The molecule has 6 nitrogen and oxygen atoms in total. The van der Waals surface area contributed by atoms with Crippen molar-refractivity contribution in [2.24, 2.45) is 0 Å². The number of amides is 1. The van der Waals surface area contributed by atoms with Gasteiger partial charge in [0.25, 0.3) is 5.78 Å². The molecule has 21 heavy (non-hydrogen) atoms. The Balaban J connectivity index is 1.62. The van der Waals surface area contributed by atoms with Gasteiger partial charge in [0.1, 0.15) is 0 Å². The van der Waals surface area contributed by atoms with Crippen LogP contribution in [0.4, 0.5) is 0 Å². The summed E-state index contributed by atoms with van der Waals surface area (Å²) in [4.78, 5) is 20.6. The van der Waals surface area contributed by atoms with Crippen molar-refractivity contribution in [1.29, 1.82) is 0 Å². The predicted molar refractivity (Wildman–Crippen MR) is 81.4 cm³/mol. The highest BCUT2D eigenvalue weighted by molar-refractivity contribution is 7.99. The smallest absolute Gasteiger partial charge is 0.253 e. The number of carbonyl (C=O) groups excluding carboxylic acids is 1. The van der Waals surface area contributed by atoms with Crippen molar-refractivity contribution in [2.45, 2.75) is 50.7 Å². The van der Waals surface area contributed by atoms with Gasteiger partial charge < -0.3 is 5.32 Å². The first-order chi connectivity index (χ1) is 10.1. The molecule has 0 atom stereocenters. The minimum Gasteiger partial charge on any atom is -0.353 e. The quantitative estimate of drug-likeness (QED) is 0.873. The number of nitrogens with zero attached hydrogens (tertiary/aromatic N) is 4. The normalized spacial score (nSPS) is 15.7. The van der Waals surface area contributed by atoms with Crippen molar-refractivity contribution in [3.63, 3.8) is 0 Å². The number of nitrogens with one attached hydrogen (secondary N) is 1. The van der Waals surface area contributed by atoms with Gasteiger partial charge in [-0.15, -0.1) is 5.10 Å². The van der Waals surface area contributed by atoms with Gasteiger partial charge in [0.05, 0.1) is 5.75 Å². The van der Waals surface area contributed by atoms with Crippen LogP contribution in [0.3, 0.4) is 0 Å². The summed E-state index contributed by atoms with van der Waals surface area (Å²) >= 11 is 1.36. The fraction of sp³-hybridized carbons (Fsp3) is 0.571. The van der Waals surface area contributed by atoms with Crippen LogP contribution in [0.25, 0.3) is 5.78 Å². The Labute approximate surface area is 127 Å². The van der Waals surface area contributed by atoms with Gasteiger partial charge in [0, 0.05) is 17.4 Å². The van der Waals surface area contributed by atoms with Crippen LogP contribution in [0.2, 0.25) is 0 Å². The summed E-state index contributed by atoms with van der Waals surface area (Å²) in [7, 11) is 0. The van der Waals surface area contributed by atoms with E-state index in [9.17, 15) is 4.79 Å². The molecule has 2 aromatic heterocycles. The minimum atomic E-state index is 0.0617. The molecule has 0 saturated heterocycles. The van der Waals surface area contributed by atoms with E-state index in [2.05, 4.69) is 20.4 Å². The van der Waals surface area contributed by atoms with Crippen molar-refractivity contribution in [3.05, 3.63) is 17.5 Å². The third-order valence-electron chi connectivity index (χ3n) is 3.65. The number of hydrogen-bond acceptors (Lipinski definition) is 5. The molecule has 1 N–H and O–H groups in total. The molecular formula is C14H19N5OS. The zero-order chi connectivity index (χ0) is 14.8. The van der Waals surface area contributed by atoms with E-state index in [1.807, 2.05) is 19.9 Å². The second-order valence-electron chi connectivity index (χ2n) is 5.48. The molecule has 2 aromatic rings. The van der Waals surface area contributed by atoms with Gasteiger partial charge >= 0.3 is 0 Å². The van der Waals surface area contributed by atoms with Crippen molar-refractivity contribution in [3.8, 4) is 0 Å². The molecule has 3 rings (SSSR count). The number of rotatable bonds is 4. The first kappa shape index (κ1) is 14.3. The lowest BCUT2D eigenvalue weighted by molar-refractivity contribution is -0.119. The Kier molecular flexibility index (Phi) is 4.10. The van der Waals surface area contributed by atoms with E-state index in [1.54, 1.807) is 4.52 Å². The fourth-order valence-corrected chi connectivity index (χ4v) is 3.31. The van der Waals surface area contributed by atoms with E-state index < -0.39 is 0 Å². The van der Waals surface area contributed by atoms with E-state index in [1.165, 1.54) is 24.6 Å². The topological polar surface area (TPSA) is 72.2 Å². The Bertz CT molecular complexity index is 663. The number of fused-ring (bicyclic) bond motifs is 1. The van der Waals surface area contributed by atoms with E-state index in [0.717, 1.165) is 24.2 Å². The van der Waals surface area contributed by atoms with Crippen LogP contribution in [-0.2, 0) is 4.79 Å². The van der Waals surface area contributed by atoms with Crippen LogP contribution in [-0.4, -0.2) is 37.3 Å². The molecule has 0 aliphatic heterocycles. The second-order valence-corrected chi connectivity index (χ2v) is 6.43. The maximum atomic E-state index is 11.9. The molecule has 2 heterocycles. The fourth-order valence-electron chi connectivity index (χ4n) is 2.68. The van der Waals surface area contributed by atoms with Gasteiger partial charge in [-0.2, -0.15) is 4.98 Å². The summed E-state index contributed by atoms with van der Waals surface area (Å²) < 4.78 is 1.71. The Morgan fingerprint density at radius 1 is 1.38 bits per heavy atom. The van der Waals surface area contributed by atoms with Crippen molar-refractivity contribution < 1.29 is 4.79 Å². The highest BCUT2D eigenvalue weighted by Crippen LogP contribution is 2.19.